The van der Waals surface area contributed by atoms with Gasteiger partial charge < -0.3 is 5.73 Å². The van der Waals surface area contributed by atoms with Crippen LogP contribution in [0.25, 0.3) is 0 Å². The van der Waals surface area contributed by atoms with Gasteiger partial charge in [0.05, 0.1) is 0 Å². The number of aliphatic imine (C=N–C) groups is 2. The summed E-state index contributed by atoms with van der Waals surface area (Å²) in [6.07, 6.45) is 0. The Morgan fingerprint density at radius 1 is 1.56 bits per heavy atom. The van der Waals surface area contributed by atoms with E-state index in [0.29, 0.717) is 17.7 Å². The summed E-state index contributed by atoms with van der Waals surface area (Å²) in [5, 5.41) is -0.190. The standard InChI is InChI=1S/C4H5Cl2N3/c5-2-3(6)8-1-9-4(2)7/h2H,1H2,(H2,7,9). The van der Waals surface area contributed by atoms with Crippen LogP contribution in [-0.4, -0.2) is 23.1 Å². The number of hydrogen-bond acceptors (Lipinski definition) is 3. The van der Waals surface area contributed by atoms with Crippen LogP contribution in [0.15, 0.2) is 9.98 Å². The van der Waals surface area contributed by atoms with Gasteiger partial charge in [-0.3, -0.25) is 4.99 Å². The Hall–Kier alpha value is -0.280. The molecule has 1 unspecified atom stereocenters. The molecule has 0 bridgehead atoms. The van der Waals surface area contributed by atoms with Crippen LogP contribution in [0.4, 0.5) is 0 Å². The van der Waals surface area contributed by atoms with E-state index < -0.39 is 5.38 Å². The molecule has 9 heavy (non-hydrogen) atoms. The summed E-state index contributed by atoms with van der Waals surface area (Å²) in [6, 6.07) is 0. The molecule has 0 saturated heterocycles. The molecule has 0 aromatic rings. The maximum absolute atomic E-state index is 5.60. The molecule has 0 aromatic carbocycles. The molecule has 1 atom stereocenters. The minimum absolute atomic E-state index is 0.299. The molecule has 3 nitrogen and oxygen atoms in total. The largest absolute Gasteiger partial charge is 0.386 e. The van der Waals surface area contributed by atoms with Crippen LogP contribution < -0.4 is 5.73 Å². The highest BCUT2D eigenvalue weighted by molar-refractivity contribution is 6.74. The zero-order valence-corrected chi connectivity index (χ0v) is 6.02. The van der Waals surface area contributed by atoms with E-state index in [4.69, 9.17) is 28.9 Å². The van der Waals surface area contributed by atoms with Crippen molar-refractivity contribution in [2.45, 2.75) is 5.38 Å². The van der Waals surface area contributed by atoms with E-state index in [1.807, 2.05) is 0 Å². The lowest BCUT2D eigenvalue weighted by Gasteiger charge is -2.09. The van der Waals surface area contributed by atoms with Crippen LogP contribution in [-0.2, 0) is 0 Å². The van der Waals surface area contributed by atoms with E-state index in [9.17, 15) is 0 Å². The Bertz CT molecular complexity index is 157. The molecule has 0 amide bonds. The first kappa shape index (κ1) is 6.83. The Labute approximate surface area is 62.6 Å². The molecule has 2 N–H and O–H groups in total. The van der Waals surface area contributed by atoms with Crippen LogP contribution in [0, 0.1) is 0 Å². The van der Waals surface area contributed by atoms with Gasteiger partial charge in [0.1, 0.15) is 23.1 Å². The van der Waals surface area contributed by atoms with Gasteiger partial charge in [-0.1, -0.05) is 11.6 Å². The third-order valence-corrected chi connectivity index (χ3v) is 1.82. The van der Waals surface area contributed by atoms with Gasteiger partial charge in [0.25, 0.3) is 0 Å². The number of rotatable bonds is 0. The summed E-state index contributed by atoms with van der Waals surface area (Å²) in [5.41, 5.74) is 5.32. The summed E-state index contributed by atoms with van der Waals surface area (Å²) in [6.45, 7) is 0.299. The first-order valence-corrected chi connectivity index (χ1v) is 3.17. The van der Waals surface area contributed by atoms with Gasteiger partial charge in [-0.2, -0.15) is 0 Å². The second-order valence-electron chi connectivity index (χ2n) is 1.57. The smallest absolute Gasteiger partial charge is 0.143 e. The van der Waals surface area contributed by atoms with Crippen molar-refractivity contribution in [3.05, 3.63) is 0 Å². The number of nitrogens with zero attached hydrogens (tertiary/aromatic N) is 2. The van der Waals surface area contributed by atoms with Gasteiger partial charge in [0.15, 0.2) is 0 Å². The Morgan fingerprint density at radius 2 is 2.22 bits per heavy atom. The van der Waals surface area contributed by atoms with Crippen molar-refractivity contribution in [1.82, 2.24) is 0 Å². The molecule has 1 aliphatic heterocycles. The van der Waals surface area contributed by atoms with Gasteiger partial charge in [0, 0.05) is 0 Å². The first-order chi connectivity index (χ1) is 4.22. The average molecular weight is 166 g/mol. The van der Waals surface area contributed by atoms with Crippen molar-refractivity contribution in [1.29, 1.82) is 0 Å². The lowest BCUT2D eigenvalue weighted by Crippen LogP contribution is -2.31. The minimum Gasteiger partial charge on any atom is -0.386 e. The van der Waals surface area contributed by atoms with E-state index in [1.165, 1.54) is 0 Å². The van der Waals surface area contributed by atoms with Crippen LogP contribution >= 0.6 is 23.2 Å². The highest BCUT2D eigenvalue weighted by atomic mass is 35.5. The molecule has 0 aromatic heterocycles. The molecule has 0 aliphatic carbocycles. The third-order valence-electron chi connectivity index (χ3n) is 0.944. The molecule has 1 heterocycles. The average Bonchev–Trinajstić information content (AvgIpc) is 1.83. The van der Waals surface area contributed by atoms with Crippen LogP contribution in [0.3, 0.4) is 0 Å². The number of alkyl halides is 1. The predicted octanol–water partition coefficient (Wildman–Crippen LogP) is 0.559. The Morgan fingerprint density at radius 3 is 2.67 bits per heavy atom. The maximum Gasteiger partial charge on any atom is 0.143 e. The molecule has 0 spiro atoms. The molecule has 1 aliphatic rings. The topological polar surface area (TPSA) is 50.7 Å². The number of amidine groups is 1. The fourth-order valence-electron chi connectivity index (χ4n) is 0.467. The van der Waals surface area contributed by atoms with Crippen LogP contribution in [0.5, 0.6) is 0 Å². The van der Waals surface area contributed by atoms with E-state index in [0.717, 1.165) is 0 Å². The zero-order chi connectivity index (χ0) is 6.85. The molecular formula is C4H5Cl2N3. The predicted molar refractivity (Wildman–Crippen MR) is 39.4 cm³/mol. The maximum atomic E-state index is 5.60. The molecular weight excluding hydrogens is 161 g/mol. The van der Waals surface area contributed by atoms with E-state index in [2.05, 4.69) is 9.98 Å². The molecule has 0 saturated carbocycles. The van der Waals surface area contributed by atoms with Gasteiger partial charge in [-0.05, 0) is 0 Å². The molecule has 50 valence electrons. The fraction of sp³-hybridized carbons (Fsp3) is 0.500. The van der Waals surface area contributed by atoms with Crippen LogP contribution in [0.1, 0.15) is 0 Å². The van der Waals surface area contributed by atoms with Gasteiger partial charge in [-0.25, -0.2) is 4.99 Å². The SMILES string of the molecule is NC1=NCN=C(Cl)C1Cl. The first-order valence-electron chi connectivity index (χ1n) is 2.35. The van der Waals surface area contributed by atoms with Crippen molar-refractivity contribution < 1.29 is 0 Å². The van der Waals surface area contributed by atoms with Gasteiger partial charge in [0.2, 0.25) is 0 Å². The van der Waals surface area contributed by atoms with Gasteiger partial charge in [-0.15, -0.1) is 11.6 Å². The number of halogens is 2. The van der Waals surface area contributed by atoms with Crippen molar-refractivity contribution in [3.8, 4) is 0 Å². The summed E-state index contributed by atoms with van der Waals surface area (Å²) < 4.78 is 0. The summed E-state index contributed by atoms with van der Waals surface area (Å²) in [4.78, 5) is 7.50. The Balaban J connectivity index is 2.74. The fourth-order valence-corrected chi connectivity index (χ4v) is 0.770. The van der Waals surface area contributed by atoms with Crippen molar-refractivity contribution in [2.24, 2.45) is 15.7 Å². The summed E-state index contributed by atoms with van der Waals surface area (Å²) >= 11 is 11.1. The van der Waals surface area contributed by atoms with Crippen LogP contribution in [0.2, 0.25) is 0 Å². The van der Waals surface area contributed by atoms with Crippen molar-refractivity contribution >= 4 is 34.2 Å². The zero-order valence-electron chi connectivity index (χ0n) is 4.51. The second kappa shape index (κ2) is 2.54. The minimum atomic E-state index is -0.514. The van der Waals surface area contributed by atoms with E-state index >= 15 is 0 Å². The number of hydrogen-bond donors (Lipinski definition) is 1. The normalized spacial score (nSPS) is 27.1. The lowest BCUT2D eigenvalue weighted by molar-refractivity contribution is 1.03. The lowest BCUT2D eigenvalue weighted by atomic mass is 10.4. The Kier molecular flexibility index (Phi) is 1.93. The molecule has 0 radical (unpaired) electrons. The highest BCUT2D eigenvalue weighted by Gasteiger charge is 2.17. The highest BCUT2D eigenvalue weighted by Crippen LogP contribution is 2.07. The monoisotopic (exact) mass is 165 g/mol. The quantitative estimate of drug-likeness (QED) is 0.525. The van der Waals surface area contributed by atoms with E-state index in [1.54, 1.807) is 0 Å². The summed E-state index contributed by atoms with van der Waals surface area (Å²) in [7, 11) is 0. The van der Waals surface area contributed by atoms with E-state index in [-0.39, 0.29) is 0 Å². The second-order valence-corrected chi connectivity index (χ2v) is 2.39. The molecule has 5 heteroatoms. The van der Waals surface area contributed by atoms with Gasteiger partial charge >= 0.3 is 0 Å². The number of nitrogens with two attached hydrogens (primary N) is 1. The summed E-state index contributed by atoms with van der Waals surface area (Å²) in [5.74, 6) is 0.344. The molecule has 0 fully saturated rings. The molecule has 1 rings (SSSR count). The third kappa shape index (κ3) is 1.34. The van der Waals surface area contributed by atoms with Crippen molar-refractivity contribution in [3.63, 3.8) is 0 Å². The van der Waals surface area contributed by atoms with Crippen molar-refractivity contribution in [2.75, 3.05) is 6.67 Å².